The summed E-state index contributed by atoms with van der Waals surface area (Å²) in [6.45, 7) is 2.11. The third-order valence-electron chi connectivity index (χ3n) is 4.24. The van der Waals surface area contributed by atoms with Gasteiger partial charge in [0.1, 0.15) is 24.6 Å². The molecule has 2 aromatic rings. The summed E-state index contributed by atoms with van der Waals surface area (Å²) in [7, 11) is -4.93. The zero-order valence-electron chi connectivity index (χ0n) is 14.2. The van der Waals surface area contributed by atoms with E-state index in [4.69, 9.17) is 29.7 Å². The molecule has 4 atom stereocenters. The summed E-state index contributed by atoms with van der Waals surface area (Å²) in [4.78, 5) is 29.8. The Morgan fingerprint density at radius 2 is 2.07 bits per heavy atom. The zero-order valence-corrected chi connectivity index (χ0v) is 15.1. The number of halogens is 1. The summed E-state index contributed by atoms with van der Waals surface area (Å²) in [6, 6.07) is 0. The minimum absolute atomic E-state index is 0.133. The highest BCUT2D eigenvalue weighted by Crippen LogP contribution is 2.51. The smallest absolute Gasteiger partial charge is 0.382 e. The van der Waals surface area contributed by atoms with Crippen LogP contribution in [0.1, 0.15) is 20.1 Å². The van der Waals surface area contributed by atoms with E-state index in [2.05, 4.69) is 19.5 Å². The Hall–Kier alpha value is -1.73. The summed E-state index contributed by atoms with van der Waals surface area (Å²) >= 11 is 0. The Morgan fingerprint density at radius 3 is 2.78 bits per heavy atom. The number of anilines is 1. The van der Waals surface area contributed by atoms with Gasteiger partial charge in [-0.15, -0.1) is 0 Å². The van der Waals surface area contributed by atoms with Crippen LogP contribution in [-0.2, 0) is 23.3 Å². The standard InChI is InChI=1S/C13H17FN5O7P/c1-12(2)24-7-8(25-12)13(14,3-23-27(20,21)22)26-11(7)19-5-18-6-9(15)16-4-17-10(6)19/h4-5,7-8,11H,3H2,1-2H3,(H2,15,16,17)(H2,20,21,22)/t7-,8?,11+,13+/m0/s1. The van der Waals surface area contributed by atoms with Gasteiger partial charge in [-0.25, -0.2) is 23.9 Å². The van der Waals surface area contributed by atoms with Crippen molar-refractivity contribution < 1.29 is 37.5 Å². The summed E-state index contributed by atoms with van der Waals surface area (Å²) in [5, 5.41) is 0. The highest BCUT2D eigenvalue weighted by atomic mass is 31.2. The first-order valence-electron chi connectivity index (χ1n) is 7.85. The van der Waals surface area contributed by atoms with Crippen LogP contribution in [0.15, 0.2) is 12.7 Å². The molecule has 148 valence electrons. The van der Waals surface area contributed by atoms with Crippen molar-refractivity contribution in [2.75, 3.05) is 12.3 Å². The molecular formula is C13H17FN5O7P. The van der Waals surface area contributed by atoms with Crippen LogP contribution in [0.4, 0.5) is 10.2 Å². The minimum Gasteiger partial charge on any atom is -0.382 e. The number of fused-ring (bicyclic) bond motifs is 2. The molecule has 0 saturated carbocycles. The molecule has 27 heavy (non-hydrogen) atoms. The lowest BCUT2D eigenvalue weighted by atomic mass is 10.1. The van der Waals surface area contributed by atoms with Gasteiger partial charge in [0.05, 0.1) is 6.33 Å². The first-order chi connectivity index (χ1) is 12.5. The molecule has 0 amide bonds. The number of nitrogens with two attached hydrogens (primary N) is 1. The highest BCUT2D eigenvalue weighted by Gasteiger charge is 2.65. The fraction of sp³-hybridized carbons (Fsp3) is 0.615. The summed E-state index contributed by atoms with van der Waals surface area (Å²) in [6.07, 6.45) is -0.805. The fourth-order valence-corrected chi connectivity index (χ4v) is 3.57. The maximum Gasteiger partial charge on any atom is 0.469 e. The van der Waals surface area contributed by atoms with Gasteiger partial charge in [-0.2, -0.15) is 0 Å². The quantitative estimate of drug-likeness (QED) is 0.597. The van der Waals surface area contributed by atoms with Gasteiger partial charge in [0.25, 0.3) is 5.85 Å². The predicted molar refractivity (Wildman–Crippen MR) is 85.5 cm³/mol. The molecule has 12 nitrogen and oxygen atoms in total. The summed E-state index contributed by atoms with van der Waals surface area (Å²) in [5.74, 6) is -3.70. The van der Waals surface area contributed by atoms with Gasteiger partial charge in [-0.05, 0) is 13.8 Å². The van der Waals surface area contributed by atoms with Gasteiger partial charge in [0, 0.05) is 0 Å². The Balaban J connectivity index is 1.73. The van der Waals surface area contributed by atoms with E-state index >= 15 is 4.39 Å². The van der Waals surface area contributed by atoms with Crippen LogP contribution < -0.4 is 5.73 Å². The van der Waals surface area contributed by atoms with Gasteiger partial charge in [0.2, 0.25) is 0 Å². The van der Waals surface area contributed by atoms with E-state index in [1.807, 2.05) is 0 Å². The number of hydrogen-bond donors (Lipinski definition) is 3. The van der Waals surface area contributed by atoms with Gasteiger partial charge in [-0.1, -0.05) is 0 Å². The average molecular weight is 405 g/mol. The van der Waals surface area contributed by atoms with Crippen LogP contribution in [0, 0.1) is 0 Å². The molecule has 2 saturated heterocycles. The third-order valence-corrected chi connectivity index (χ3v) is 4.71. The van der Waals surface area contributed by atoms with Crippen molar-refractivity contribution in [2.45, 2.75) is 43.9 Å². The van der Waals surface area contributed by atoms with Crippen molar-refractivity contribution in [3.05, 3.63) is 12.7 Å². The molecule has 0 aromatic carbocycles. The molecule has 0 spiro atoms. The minimum atomic E-state index is -4.93. The normalized spacial score (nSPS) is 32.9. The summed E-state index contributed by atoms with van der Waals surface area (Å²) in [5.41, 5.74) is 6.33. The van der Waals surface area contributed by atoms with Crippen LogP contribution in [0.2, 0.25) is 0 Å². The second-order valence-electron chi connectivity index (χ2n) is 6.66. The van der Waals surface area contributed by atoms with Crippen LogP contribution in [0.25, 0.3) is 11.2 Å². The first-order valence-corrected chi connectivity index (χ1v) is 9.38. The van der Waals surface area contributed by atoms with E-state index in [0.717, 1.165) is 0 Å². The van der Waals surface area contributed by atoms with Gasteiger partial charge in [0.15, 0.2) is 29.6 Å². The predicted octanol–water partition coefficient (Wildman–Crippen LogP) is 0.232. The number of phosphoric ester groups is 1. The molecule has 2 aromatic heterocycles. The number of hydrogen-bond acceptors (Lipinski definition) is 9. The maximum atomic E-state index is 15.5. The number of nitrogens with zero attached hydrogens (tertiary/aromatic N) is 4. The molecule has 2 fully saturated rings. The topological polar surface area (TPSA) is 164 Å². The van der Waals surface area contributed by atoms with Crippen molar-refractivity contribution in [1.82, 2.24) is 19.5 Å². The number of ether oxygens (including phenoxy) is 3. The molecular weight excluding hydrogens is 388 g/mol. The van der Waals surface area contributed by atoms with Crippen LogP contribution in [-0.4, -0.2) is 59.8 Å². The third kappa shape index (κ3) is 3.21. The van der Waals surface area contributed by atoms with E-state index in [-0.39, 0.29) is 11.5 Å². The molecule has 0 radical (unpaired) electrons. The lowest BCUT2D eigenvalue weighted by Crippen LogP contribution is -2.43. The monoisotopic (exact) mass is 405 g/mol. The van der Waals surface area contributed by atoms with Gasteiger partial charge >= 0.3 is 7.82 Å². The van der Waals surface area contributed by atoms with E-state index in [9.17, 15) is 4.57 Å². The van der Waals surface area contributed by atoms with Crippen molar-refractivity contribution >= 4 is 24.8 Å². The van der Waals surface area contributed by atoms with E-state index in [0.29, 0.717) is 5.52 Å². The van der Waals surface area contributed by atoms with Crippen LogP contribution >= 0.6 is 7.82 Å². The lowest BCUT2D eigenvalue weighted by Gasteiger charge is -2.28. The van der Waals surface area contributed by atoms with Crippen molar-refractivity contribution in [1.29, 1.82) is 0 Å². The highest BCUT2D eigenvalue weighted by molar-refractivity contribution is 7.46. The lowest BCUT2D eigenvalue weighted by molar-refractivity contribution is -0.263. The van der Waals surface area contributed by atoms with Crippen molar-refractivity contribution in [3.8, 4) is 0 Å². The second-order valence-corrected chi connectivity index (χ2v) is 7.90. The number of phosphoric acid groups is 1. The molecule has 0 aliphatic carbocycles. The van der Waals surface area contributed by atoms with E-state index in [1.54, 1.807) is 13.8 Å². The molecule has 4 N–H and O–H groups in total. The Labute approximate surface area is 151 Å². The van der Waals surface area contributed by atoms with E-state index < -0.39 is 44.5 Å². The number of nitrogen functional groups attached to an aromatic ring is 1. The second kappa shape index (κ2) is 5.88. The zero-order chi connectivity index (χ0) is 19.6. The largest absolute Gasteiger partial charge is 0.469 e. The van der Waals surface area contributed by atoms with Crippen molar-refractivity contribution in [2.24, 2.45) is 0 Å². The Morgan fingerprint density at radius 1 is 1.33 bits per heavy atom. The summed E-state index contributed by atoms with van der Waals surface area (Å²) < 4.78 is 49.0. The first kappa shape index (κ1) is 18.6. The number of rotatable bonds is 4. The SMILES string of the molecule is CC1(C)OC2[C@H](O1)[C@H](n1cnc3c(N)ncnc31)O[C@]2(F)COP(=O)(O)O. The molecule has 4 heterocycles. The number of aromatic nitrogens is 4. The molecule has 4 rings (SSSR count). The molecule has 2 aliphatic heterocycles. The molecule has 2 aliphatic rings. The van der Waals surface area contributed by atoms with Gasteiger partial charge in [-0.3, -0.25) is 9.09 Å². The number of alkyl halides is 1. The fourth-order valence-electron chi connectivity index (χ4n) is 3.23. The van der Waals surface area contributed by atoms with E-state index in [1.165, 1.54) is 17.2 Å². The molecule has 14 heteroatoms. The van der Waals surface area contributed by atoms with Crippen LogP contribution in [0.3, 0.4) is 0 Å². The average Bonchev–Trinajstić information content (AvgIpc) is 3.18. The molecule has 0 bridgehead atoms. The van der Waals surface area contributed by atoms with Gasteiger partial charge < -0.3 is 29.7 Å². The van der Waals surface area contributed by atoms with Crippen molar-refractivity contribution in [3.63, 3.8) is 0 Å². The molecule has 1 unspecified atom stereocenters. The number of imidazole rings is 1. The Bertz CT molecular complexity index is 935. The van der Waals surface area contributed by atoms with Crippen LogP contribution in [0.5, 0.6) is 0 Å². The maximum absolute atomic E-state index is 15.5. The Kier molecular flexibility index (Phi) is 4.06.